The number of anilines is 1. The normalized spacial score (nSPS) is 16.0. The summed E-state index contributed by atoms with van der Waals surface area (Å²) in [5.41, 5.74) is 1.31. The molecule has 0 saturated heterocycles. The number of amides is 1. The number of carbonyl (C=O) groups is 3. The van der Waals surface area contributed by atoms with Crippen LogP contribution in [0, 0.1) is 0 Å². The number of hydrogen-bond donors (Lipinski definition) is 5. The number of esters is 1. The van der Waals surface area contributed by atoms with E-state index < -0.39 is 84.8 Å². The smallest absolute Gasteiger partial charge is 0.338 e. The molecule has 0 bridgehead atoms. The van der Waals surface area contributed by atoms with Gasteiger partial charge in [0.05, 0.1) is 153 Å². The Morgan fingerprint density at radius 1 is 0.460 bits per heavy atom. The second kappa shape index (κ2) is 48.8. The zero-order chi connectivity index (χ0) is 89.3. The van der Waals surface area contributed by atoms with Crippen LogP contribution in [-0.2, 0) is 118 Å². The molecule has 0 spiro atoms. The lowest BCUT2D eigenvalue weighted by Crippen LogP contribution is -2.33. The Morgan fingerprint density at radius 3 is 1.40 bits per heavy atom. The molecule has 0 aromatic heterocycles. The Hall–Kier alpha value is -8.05. The summed E-state index contributed by atoms with van der Waals surface area (Å²) in [7, 11) is -15.9. The molecule has 2 aliphatic rings. The van der Waals surface area contributed by atoms with E-state index in [0.717, 1.165) is 16.7 Å². The molecular weight excluding hydrogens is 1710 g/mol. The van der Waals surface area contributed by atoms with E-state index >= 15 is 0 Å². The van der Waals surface area contributed by atoms with Crippen molar-refractivity contribution in [2.24, 2.45) is 0 Å². The zero-order valence-electron chi connectivity index (χ0n) is 70.7. The second-order valence-corrected chi connectivity index (χ2v) is 37.2. The Labute approximate surface area is 727 Å². The van der Waals surface area contributed by atoms with Crippen molar-refractivity contribution in [1.29, 1.82) is 0 Å². The third-order valence-electron chi connectivity index (χ3n) is 21.0. The minimum Gasteiger partial charge on any atom is -0.465 e. The summed E-state index contributed by atoms with van der Waals surface area (Å²) in [6.45, 7) is 9.82. The fourth-order valence-electron chi connectivity index (χ4n) is 15.0. The lowest BCUT2D eigenvalue weighted by Gasteiger charge is -2.31. The monoisotopic (exact) mass is 1820 g/mol. The number of fused-ring (bicyclic) bond motifs is 6. The number of nitrogens with one attached hydrogen (secondary N) is 1. The van der Waals surface area contributed by atoms with Gasteiger partial charge in [-0.2, -0.15) is 38.2 Å². The number of allylic oxidation sites excluding steroid dienone is 6. The van der Waals surface area contributed by atoms with Crippen molar-refractivity contribution in [3.63, 3.8) is 0 Å². The number of nitrogens with zero attached hydrogens (tertiary/aromatic N) is 2. The lowest BCUT2D eigenvalue weighted by molar-refractivity contribution is -0.438. The summed E-state index contributed by atoms with van der Waals surface area (Å²) in [6, 6.07) is 34.3. The van der Waals surface area contributed by atoms with E-state index in [2.05, 4.69) is 5.32 Å². The van der Waals surface area contributed by atoms with Gasteiger partial charge in [-0.1, -0.05) is 85.0 Å². The molecule has 124 heavy (non-hydrogen) atoms. The van der Waals surface area contributed by atoms with Gasteiger partial charge in [0.15, 0.2) is 5.71 Å². The van der Waals surface area contributed by atoms with E-state index in [1.54, 1.807) is 69.9 Å². The quantitative estimate of drug-likeness (QED) is 0.00591. The van der Waals surface area contributed by atoms with Crippen LogP contribution < -0.4 is 26.1 Å². The fourth-order valence-corrected chi connectivity index (χ4v) is 20.2. The van der Waals surface area contributed by atoms with Gasteiger partial charge in [0.25, 0.3) is 46.4 Å². The van der Waals surface area contributed by atoms with Crippen LogP contribution in [0.1, 0.15) is 97.1 Å². The van der Waals surface area contributed by atoms with Crippen LogP contribution >= 0.6 is 7.92 Å². The molecule has 2 aliphatic heterocycles. The van der Waals surface area contributed by atoms with Crippen LogP contribution in [0.5, 0.6) is 0 Å². The van der Waals surface area contributed by atoms with Crippen molar-refractivity contribution in [2.45, 2.75) is 95.6 Å². The molecule has 36 heteroatoms. The van der Waals surface area contributed by atoms with Crippen LogP contribution in [0.2, 0.25) is 0 Å². The third kappa shape index (κ3) is 27.7. The minimum atomic E-state index is -5.17. The molecule has 676 valence electrons. The lowest BCUT2D eigenvalue weighted by atomic mass is 9.75. The summed E-state index contributed by atoms with van der Waals surface area (Å²) in [5.74, 6) is -0.956. The molecule has 0 saturated carbocycles. The van der Waals surface area contributed by atoms with E-state index in [1.165, 1.54) is 25.3 Å². The van der Waals surface area contributed by atoms with Gasteiger partial charge in [0, 0.05) is 123 Å². The Balaban J connectivity index is 1.04. The molecule has 31 nitrogen and oxygen atoms in total. The van der Waals surface area contributed by atoms with Crippen LogP contribution in [0.3, 0.4) is 0 Å². The Bertz CT molecular complexity index is 5310. The van der Waals surface area contributed by atoms with Gasteiger partial charge >= 0.3 is 5.97 Å². The fraction of sp³-hybridized carbons (Fsp3) is 0.455. The average Bonchev–Trinajstić information content (AvgIpc) is 1.55. The van der Waals surface area contributed by atoms with Gasteiger partial charge in [0.2, 0.25) is 5.69 Å². The van der Waals surface area contributed by atoms with E-state index in [0.29, 0.717) is 154 Å². The maximum atomic E-state index is 13.9. The predicted octanol–water partition coefficient (Wildman–Crippen LogP) is 9.86. The van der Waals surface area contributed by atoms with E-state index in [1.807, 2.05) is 96.1 Å². The highest BCUT2D eigenvalue weighted by Crippen LogP contribution is 2.54. The molecule has 2 atom stereocenters. The summed E-state index contributed by atoms with van der Waals surface area (Å²) in [5, 5.41) is 5.60. The molecule has 0 fully saturated rings. The van der Waals surface area contributed by atoms with Crippen LogP contribution in [0.25, 0.3) is 21.5 Å². The van der Waals surface area contributed by atoms with Gasteiger partial charge in [-0.05, 0) is 141 Å². The summed E-state index contributed by atoms with van der Waals surface area (Å²) >= 11 is 0. The van der Waals surface area contributed by atoms with Crippen molar-refractivity contribution < 1.29 is 132 Å². The van der Waals surface area contributed by atoms with Gasteiger partial charge in [-0.25, -0.2) is 4.79 Å². The predicted molar refractivity (Wildman–Crippen MR) is 469 cm³/mol. The highest BCUT2D eigenvalue weighted by molar-refractivity contribution is 7.87. The van der Waals surface area contributed by atoms with Crippen LogP contribution in [-0.4, -0.2) is 267 Å². The maximum Gasteiger partial charge on any atom is 0.338 e. The molecular formula is C88H113N3O28PS4+. The summed E-state index contributed by atoms with van der Waals surface area (Å²) in [6.07, 6.45) is 11.5. The number of ketones is 1. The number of benzene rings is 7. The van der Waals surface area contributed by atoms with Gasteiger partial charge in [-0.3, -0.25) is 27.8 Å². The number of ether oxygens (including phenoxy) is 13. The maximum absolute atomic E-state index is 13.9. The highest BCUT2D eigenvalue weighted by atomic mass is 32.2. The van der Waals surface area contributed by atoms with Crippen LogP contribution in [0.15, 0.2) is 183 Å². The largest absolute Gasteiger partial charge is 0.465 e. The highest BCUT2D eigenvalue weighted by Gasteiger charge is 2.50. The number of Topliss-reactive ketones (excluding diaryl/α,β-unsaturated/α-hetero) is 1. The first-order valence-electron chi connectivity index (χ1n) is 40.7. The van der Waals surface area contributed by atoms with Crippen molar-refractivity contribution in [2.75, 3.05) is 192 Å². The van der Waals surface area contributed by atoms with E-state index in [4.69, 9.17) is 61.6 Å². The standard InChI is InChI=1S/C88H112N3O28PS4/c1-87(34-39-111-48-51-117-57-54-114-45-42-107-3)81(26-16-9-17-27-82-88(2,35-40-112-49-52-118-58-55-115-46-43-108-4)84-75-62-70(122(98,99)100)64-80(124(104,105)106)72(75)31-33-77(84)91(82)38-41-113-50-53-119-59-56-116-47-44-109-5)90(76-32-30-71-74(83(76)87)61-69(121(95,96)97)63-79(71)123(101,102)103)37-18-10-11-20-66(92)21-19-36-89-85(93)65-28-29-73(86(94)110-6)78(60-65)120(67-22-12-7-13-23-67)68-24-14-8-15-25-68/h7-9,12-17,22-33,60-64H,10-11,18-21,34-59H2,1-6H3,(H4-,89,93,95,96,97,98,99,100,101,102,103,104,105,106)/p+1. The van der Waals surface area contributed by atoms with E-state index in [9.17, 15) is 66.3 Å². The minimum absolute atomic E-state index is 0.0321. The Kier molecular flexibility index (Phi) is 39.2. The molecule has 7 aromatic rings. The molecule has 0 aliphatic carbocycles. The SMILES string of the molecule is COCCOCCOCCOCCN1C(=CC=CC=CC2=[N+](CCCCCC(=O)CCCNC(=O)c3ccc(C(=O)OC)c(P(c4ccccc4)c4ccccc4)c3)c3ccc4c(S(=O)(=O)O)cc(S(=O)(=O)O)cc4c3C2(C)CCOCCOCCOCCOC)C(C)(CCOCCOCCOCCOC)c2c1ccc1c(S(=O)(=O)O)cc(S(=O)(=O)O)cc21. The number of rotatable bonds is 58. The van der Waals surface area contributed by atoms with E-state index in [-0.39, 0.29) is 151 Å². The summed E-state index contributed by atoms with van der Waals surface area (Å²) < 4.78 is 223. The van der Waals surface area contributed by atoms with Crippen molar-refractivity contribution >= 4 is 121 Å². The van der Waals surface area contributed by atoms with Gasteiger partial charge in [-0.15, -0.1) is 0 Å². The first-order valence-corrected chi connectivity index (χ1v) is 47.8. The number of unbranched alkanes of at least 4 members (excludes halogenated alkanes) is 2. The molecule has 9 rings (SSSR count). The number of methoxy groups -OCH3 is 4. The molecule has 0 radical (unpaired) electrons. The van der Waals surface area contributed by atoms with Crippen molar-refractivity contribution in [1.82, 2.24) is 5.32 Å². The average molecular weight is 1820 g/mol. The number of hydrogen-bond acceptors (Lipinski definition) is 25. The second-order valence-electron chi connectivity index (χ2n) is 29.4. The van der Waals surface area contributed by atoms with Crippen molar-refractivity contribution in [3.8, 4) is 0 Å². The zero-order valence-corrected chi connectivity index (χ0v) is 74.9. The topological polar surface area (TPSA) is 407 Å². The molecule has 5 N–H and O–H groups in total. The number of carbonyl (C=O) groups excluding carboxylic acids is 3. The van der Waals surface area contributed by atoms with Crippen molar-refractivity contribution in [3.05, 3.63) is 186 Å². The molecule has 1 amide bonds. The third-order valence-corrected chi connectivity index (χ3v) is 27.0. The molecule has 2 heterocycles. The van der Waals surface area contributed by atoms with Crippen LogP contribution in [0.4, 0.5) is 11.4 Å². The van der Waals surface area contributed by atoms with Gasteiger partial charge in [0.1, 0.15) is 22.1 Å². The first-order chi connectivity index (χ1) is 59.5. The summed E-state index contributed by atoms with van der Waals surface area (Å²) in [4.78, 5) is 39.7. The Morgan fingerprint density at radius 2 is 0.919 bits per heavy atom. The molecule has 7 aromatic carbocycles. The first kappa shape index (κ1) is 99.7. The molecule has 2 unspecified atom stereocenters. The van der Waals surface area contributed by atoms with Gasteiger partial charge < -0.3 is 71.8 Å².